The van der Waals surface area contributed by atoms with Crippen molar-refractivity contribution in [1.82, 2.24) is 18.3 Å². The molecule has 416 valence electrons. The van der Waals surface area contributed by atoms with Gasteiger partial charge in [-0.15, -0.1) is 0 Å². The molecule has 0 aliphatic heterocycles. The average molecular weight is 1110 g/mol. The van der Waals surface area contributed by atoms with Gasteiger partial charge in [0.1, 0.15) is 0 Å². The Morgan fingerprint density at radius 2 is 0.384 bits per heavy atom. The Kier molecular flexibility index (Phi) is 14.5. The Morgan fingerprint density at radius 3 is 0.616 bits per heavy atom. The van der Waals surface area contributed by atoms with Crippen LogP contribution in [0.5, 0.6) is 0 Å². The van der Waals surface area contributed by atoms with Gasteiger partial charge in [0, 0.05) is 113 Å². The van der Waals surface area contributed by atoms with Crippen LogP contribution in [-0.2, 0) is 26.2 Å². The van der Waals surface area contributed by atoms with E-state index in [1.807, 2.05) is 0 Å². The van der Waals surface area contributed by atoms with Gasteiger partial charge < -0.3 is 18.3 Å². The summed E-state index contributed by atoms with van der Waals surface area (Å²) in [5, 5.41) is 10.6. The van der Waals surface area contributed by atoms with E-state index in [1.165, 1.54) is 143 Å². The molecule has 86 heavy (non-hydrogen) atoms. The van der Waals surface area contributed by atoms with Crippen LogP contribution in [0.3, 0.4) is 0 Å². The van der Waals surface area contributed by atoms with E-state index in [9.17, 15) is 0 Å². The van der Waals surface area contributed by atoms with E-state index >= 15 is 0 Å². The number of fused-ring (bicyclic) bond motifs is 12. The van der Waals surface area contributed by atoms with Crippen molar-refractivity contribution < 1.29 is 0 Å². The van der Waals surface area contributed by atoms with Crippen molar-refractivity contribution in [3.63, 3.8) is 0 Å². The minimum absolute atomic E-state index is 0.956. The molecular formula is C82H68N4. The number of aromatic nitrogens is 4. The summed E-state index contributed by atoms with van der Waals surface area (Å²) in [5.41, 5.74) is 22.5. The molecule has 15 rings (SSSR count). The molecule has 0 amide bonds. The third-order valence-electron chi connectivity index (χ3n) is 17.4. The molecule has 0 saturated carbocycles. The number of hydrogen-bond acceptors (Lipinski definition) is 0. The molecule has 15 aromatic rings. The molecule has 4 aromatic heterocycles. The third kappa shape index (κ3) is 10.1. The zero-order valence-corrected chi connectivity index (χ0v) is 49.3. The zero-order valence-electron chi connectivity index (χ0n) is 49.3. The van der Waals surface area contributed by atoms with Gasteiger partial charge in [-0.3, -0.25) is 0 Å². The fourth-order valence-corrected chi connectivity index (χ4v) is 13.1. The Bertz CT molecular complexity index is 4800. The molecular weight excluding hydrogens is 1040 g/mol. The molecule has 0 unspecified atom stereocenters. The van der Waals surface area contributed by atoms with Crippen LogP contribution in [0.2, 0.25) is 0 Å². The average Bonchev–Trinajstić information content (AvgIpc) is 4.40. The van der Waals surface area contributed by atoms with E-state index in [0.29, 0.717) is 0 Å². The highest BCUT2D eigenvalue weighted by atomic mass is 15.0. The molecule has 4 heterocycles. The predicted octanol–water partition coefficient (Wildman–Crippen LogP) is 22.2. The summed E-state index contributed by atoms with van der Waals surface area (Å²) in [6.07, 6.45) is 17.7. The molecule has 4 heteroatoms. The molecule has 0 aliphatic rings. The van der Waals surface area contributed by atoms with E-state index in [4.69, 9.17) is 0 Å². The molecule has 0 fully saturated rings. The van der Waals surface area contributed by atoms with E-state index in [1.54, 1.807) is 0 Å². The van der Waals surface area contributed by atoms with E-state index in [-0.39, 0.29) is 0 Å². The summed E-state index contributed by atoms with van der Waals surface area (Å²) >= 11 is 0. The van der Waals surface area contributed by atoms with Gasteiger partial charge in [-0.25, -0.2) is 0 Å². The van der Waals surface area contributed by atoms with E-state index in [0.717, 1.165) is 26.2 Å². The van der Waals surface area contributed by atoms with Crippen LogP contribution >= 0.6 is 0 Å². The Labute approximate surface area is 503 Å². The number of rotatable bonds is 13. The lowest BCUT2D eigenvalue weighted by Gasteiger charge is -2.05. The van der Waals surface area contributed by atoms with Gasteiger partial charge in [0.25, 0.3) is 0 Å². The van der Waals surface area contributed by atoms with E-state index in [2.05, 4.69) is 337 Å². The number of aryl methyl sites for hydroxylation is 4. The predicted molar refractivity (Wildman–Crippen MR) is 375 cm³/mol. The summed E-state index contributed by atoms with van der Waals surface area (Å²) in [4.78, 5) is 0. The maximum Gasteiger partial charge on any atom is 0.0497 e. The van der Waals surface area contributed by atoms with Crippen molar-refractivity contribution in [1.29, 1.82) is 0 Å². The van der Waals surface area contributed by atoms with Crippen molar-refractivity contribution >= 4 is 136 Å². The first-order chi connectivity index (χ1) is 42.4. The highest BCUT2D eigenvalue weighted by Crippen LogP contribution is 2.35. The zero-order chi connectivity index (χ0) is 58.1. The highest BCUT2D eigenvalue weighted by molar-refractivity contribution is 6.11. The van der Waals surface area contributed by atoms with Gasteiger partial charge in [0.05, 0.1) is 0 Å². The quantitative estimate of drug-likeness (QED) is 0.103. The molecule has 0 aliphatic carbocycles. The fraction of sp³-hybridized carbons (Fsp3) is 0.0976. The van der Waals surface area contributed by atoms with Crippen LogP contribution in [0.1, 0.15) is 72.2 Å². The molecule has 0 saturated heterocycles. The van der Waals surface area contributed by atoms with Crippen molar-refractivity contribution in [2.24, 2.45) is 0 Å². The maximum absolute atomic E-state index is 2.41. The minimum atomic E-state index is 0.956. The molecule has 4 nitrogen and oxygen atoms in total. The van der Waals surface area contributed by atoms with Crippen LogP contribution in [-0.4, -0.2) is 18.3 Å². The summed E-state index contributed by atoms with van der Waals surface area (Å²) in [5.74, 6) is 0. The first kappa shape index (κ1) is 53.6. The van der Waals surface area contributed by atoms with Gasteiger partial charge in [-0.1, -0.05) is 243 Å². The van der Waals surface area contributed by atoms with Crippen molar-refractivity contribution in [2.75, 3.05) is 0 Å². The molecule has 11 aromatic carbocycles. The van der Waals surface area contributed by atoms with E-state index < -0.39 is 0 Å². The van der Waals surface area contributed by atoms with Crippen LogP contribution in [0.4, 0.5) is 0 Å². The SMILES string of the molecule is CCn1c2ccccc2c2ccc(/C=C/c3ccc(-c4ccc(/C=C/c5ccc6c7ccccc7n(CC)c6c5)cc4)cc3)cc21.CCn1c2ccccc2c2ccc(/C=C/c3ccc(/C=C/c4ccc5c6ccccc6n(CC)c5c4)cc3)cc21. The Hall–Kier alpha value is -10.4. The third-order valence-corrected chi connectivity index (χ3v) is 17.4. The van der Waals surface area contributed by atoms with Gasteiger partial charge in [-0.2, -0.15) is 0 Å². The first-order valence-electron chi connectivity index (χ1n) is 30.5. The minimum Gasteiger partial charge on any atom is -0.341 e. The van der Waals surface area contributed by atoms with Crippen molar-refractivity contribution in [3.8, 4) is 11.1 Å². The largest absolute Gasteiger partial charge is 0.341 e. The second-order valence-electron chi connectivity index (χ2n) is 22.4. The fourth-order valence-electron chi connectivity index (χ4n) is 13.1. The first-order valence-corrected chi connectivity index (χ1v) is 30.5. The molecule has 0 atom stereocenters. The number of hydrogen-bond donors (Lipinski definition) is 0. The van der Waals surface area contributed by atoms with Crippen molar-refractivity contribution in [3.05, 3.63) is 287 Å². The van der Waals surface area contributed by atoms with Crippen LogP contribution < -0.4 is 0 Å². The normalized spacial score (nSPS) is 12.2. The van der Waals surface area contributed by atoms with Gasteiger partial charge in [0.2, 0.25) is 0 Å². The number of benzene rings is 11. The summed E-state index contributed by atoms with van der Waals surface area (Å²) < 4.78 is 9.62. The maximum atomic E-state index is 2.41. The molecule has 0 bridgehead atoms. The molecule has 0 spiro atoms. The number of para-hydroxylation sites is 4. The molecule has 0 N–H and O–H groups in total. The second kappa shape index (κ2) is 23.3. The second-order valence-corrected chi connectivity index (χ2v) is 22.4. The van der Waals surface area contributed by atoms with Crippen molar-refractivity contribution in [2.45, 2.75) is 53.9 Å². The topological polar surface area (TPSA) is 19.7 Å². The standard InChI is InChI=1S/C44H36N2.C38H32N2/c1-3-45-41-11-7-5-9-37(41)39-27-21-33(29-43(39)45)15-13-31-17-23-35(24-18-31)36-25-19-32(20-26-36)14-16-34-22-28-40-38-10-6-8-12-42(38)46(4-2)44(40)30-34;1-3-39-35-11-7-5-9-31(35)33-23-21-29(25-37(33)39)19-17-27-13-15-28(16-14-27)18-20-30-22-24-34-32-10-6-8-12-36(32)40(4-2)38(34)26-30/h5-30H,3-4H2,1-2H3;5-26H,3-4H2,1-2H3/b15-13+,16-14+;19-17+,20-18+. The monoisotopic (exact) mass is 1110 g/mol. The summed E-state index contributed by atoms with van der Waals surface area (Å²) in [7, 11) is 0. The smallest absolute Gasteiger partial charge is 0.0497 e. The Balaban J connectivity index is 0.000000153. The van der Waals surface area contributed by atoms with Gasteiger partial charge in [0.15, 0.2) is 0 Å². The lowest BCUT2D eigenvalue weighted by molar-refractivity contribution is 0.827. The highest BCUT2D eigenvalue weighted by Gasteiger charge is 2.13. The van der Waals surface area contributed by atoms with Crippen LogP contribution in [0.15, 0.2) is 243 Å². The summed E-state index contributed by atoms with van der Waals surface area (Å²) in [6.45, 7) is 12.7. The Morgan fingerprint density at radius 1 is 0.198 bits per heavy atom. The van der Waals surface area contributed by atoms with Crippen LogP contribution in [0, 0.1) is 0 Å². The van der Waals surface area contributed by atoms with Gasteiger partial charge in [-0.05, 0) is 132 Å². The lowest BCUT2D eigenvalue weighted by atomic mass is 10.0. The molecule has 0 radical (unpaired) electrons. The summed E-state index contributed by atoms with van der Waals surface area (Å²) in [6, 6.07) is 88.3. The van der Waals surface area contributed by atoms with Crippen LogP contribution in [0.25, 0.3) is 147 Å². The van der Waals surface area contributed by atoms with Gasteiger partial charge >= 0.3 is 0 Å². The lowest BCUT2D eigenvalue weighted by Crippen LogP contribution is -1.92. The number of nitrogens with zero attached hydrogens (tertiary/aromatic N) is 4.